The molecule has 0 aliphatic carbocycles. The van der Waals surface area contributed by atoms with Crippen molar-refractivity contribution in [3.63, 3.8) is 0 Å². The molecule has 114 valence electrons. The van der Waals surface area contributed by atoms with Crippen molar-refractivity contribution in [2.24, 2.45) is 0 Å². The van der Waals surface area contributed by atoms with Gasteiger partial charge in [0.1, 0.15) is 0 Å². The molecule has 3 rings (SSSR count). The number of rotatable bonds is 4. The minimum absolute atomic E-state index is 0.0767. The van der Waals surface area contributed by atoms with Crippen molar-refractivity contribution < 1.29 is 4.79 Å². The number of carbonyl (C=O) groups is 1. The Morgan fingerprint density at radius 1 is 0.739 bits per heavy atom. The van der Waals surface area contributed by atoms with E-state index in [4.69, 9.17) is 0 Å². The Morgan fingerprint density at radius 3 is 2.13 bits per heavy atom. The molecule has 0 spiro atoms. The molecule has 0 atom stereocenters. The second-order valence-electron chi connectivity index (χ2n) is 5.11. The summed E-state index contributed by atoms with van der Waals surface area (Å²) in [5.41, 5.74) is 1.95. The molecule has 0 bridgehead atoms. The lowest BCUT2D eigenvalue weighted by Crippen LogP contribution is -1.96. The van der Waals surface area contributed by atoms with E-state index >= 15 is 0 Å². The molecule has 0 aliphatic rings. The quantitative estimate of drug-likeness (QED) is 0.538. The van der Waals surface area contributed by atoms with E-state index in [2.05, 4.69) is 12.1 Å². The zero-order chi connectivity index (χ0) is 16.1. The summed E-state index contributed by atoms with van der Waals surface area (Å²) in [4.78, 5) is 15.8. The van der Waals surface area contributed by atoms with Gasteiger partial charge in [-0.25, -0.2) is 0 Å². The summed E-state index contributed by atoms with van der Waals surface area (Å²) in [5.74, 6) is 0. The second kappa shape index (κ2) is 7.53. The van der Waals surface area contributed by atoms with Gasteiger partial charge in [-0.05, 0) is 55.1 Å². The second-order valence-corrected chi connectivity index (χ2v) is 7.28. The minimum atomic E-state index is 0.0767. The summed E-state index contributed by atoms with van der Waals surface area (Å²) in [7, 11) is 0. The fourth-order valence-electron chi connectivity index (χ4n) is 2.11. The fourth-order valence-corrected chi connectivity index (χ4v) is 3.91. The van der Waals surface area contributed by atoms with E-state index in [-0.39, 0.29) is 5.12 Å². The van der Waals surface area contributed by atoms with Crippen molar-refractivity contribution in [1.29, 1.82) is 0 Å². The molecular weight excluding hydrogens is 320 g/mol. The largest absolute Gasteiger partial charge is 0.281 e. The zero-order valence-electron chi connectivity index (χ0n) is 12.7. The highest BCUT2D eigenvalue weighted by Crippen LogP contribution is 2.33. The lowest BCUT2D eigenvalue weighted by atomic mass is 10.2. The Labute approximate surface area is 145 Å². The van der Waals surface area contributed by atoms with E-state index in [0.717, 1.165) is 20.2 Å². The standard InChI is InChI=1S/C20H16OS2/c1-15-11-13-17(14-12-15)23-20(21)18-9-5-6-10-19(18)22-16-7-3-2-4-8-16/h2-14H,1H3. The molecule has 0 aliphatic heterocycles. The van der Waals surface area contributed by atoms with Crippen LogP contribution in [0.3, 0.4) is 0 Å². The highest BCUT2D eigenvalue weighted by atomic mass is 32.2. The summed E-state index contributed by atoms with van der Waals surface area (Å²) in [6.45, 7) is 2.04. The van der Waals surface area contributed by atoms with Crippen LogP contribution in [0, 0.1) is 6.92 Å². The monoisotopic (exact) mass is 336 g/mol. The third kappa shape index (κ3) is 4.27. The molecule has 0 radical (unpaired) electrons. The van der Waals surface area contributed by atoms with Crippen LogP contribution in [0.25, 0.3) is 0 Å². The lowest BCUT2D eigenvalue weighted by molar-refractivity contribution is 0.108. The summed E-state index contributed by atoms with van der Waals surface area (Å²) in [5, 5.41) is 0.0767. The van der Waals surface area contributed by atoms with Crippen molar-refractivity contribution >= 4 is 28.6 Å². The van der Waals surface area contributed by atoms with Crippen molar-refractivity contribution in [3.8, 4) is 0 Å². The van der Waals surface area contributed by atoms with E-state index in [1.54, 1.807) is 11.8 Å². The Balaban J connectivity index is 1.82. The summed E-state index contributed by atoms with van der Waals surface area (Å²) in [6, 6.07) is 25.9. The van der Waals surface area contributed by atoms with Gasteiger partial charge >= 0.3 is 0 Å². The number of hydrogen-bond donors (Lipinski definition) is 0. The van der Waals surface area contributed by atoms with Crippen LogP contribution in [-0.4, -0.2) is 5.12 Å². The topological polar surface area (TPSA) is 17.1 Å². The number of carbonyl (C=O) groups excluding carboxylic acids is 1. The fraction of sp³-hybridized carbons (Fsp3) is 0.0500. The molecule has 3 aromatic carbocycles. The van der Waals surface area contributed by atoms with Crippen LogP contribution in [-0.2, 0) is 0 Å². The molecule has 0 fully saturated rings. The Kier molecular flexibility index (Phi) is 5.21. The maximum atomic E-state index is 12.7. The molecule has 3 aromatic rings. The first-order chi connectivity index (χ1) is 11.2. The van der Waals surface area contributed by atoms with Gasteiger partial charge in [-0.3, -0.25) is 4.79 Å². The molecule has 0 unspecified atom stereocenters. The van der Waals surface area contributed by atoms with Gasteiger partial charge in [-0.15, -0.1) is 0 Å². The van der Waals surface area contributed by atoms with Gasteiger partial charge in [0, 0.05) is 20.2 Å². The van der Waals surface area contributed by atoms with Gasteiger partial charge in [0.25, 0.3) is 0 Å². The van der Waals surface area contributed by atoms with Gasteiger partial charge in [0.15, 0.2) is 0 Å². The first-order valence-electron chi connectivity index (χ1n) is 7.33. The summed E-state index contributed by atoms with van der Waals surface area (Å²) >= 11 is 2.90. The van der Waals surface area contributed by atoms with Crippen molar-refractivity contribution in [2.75, 3.05) is 0 Å². The average molecular weight is 336 g/mol. The Hall–Kier alpha value is -1.97. The third-order valence-corrected chi connectivity index (χ3v) is 5.31. The first-order valence-corrected chi connectivity index (χ1v) is 8.96. The first kappa shape index (κ1) is 15.9. The summed E-state index contributed by atoms with van der Waals surface area (Å²) < 4.78 is 0. The number of hydrogen-bond acceptors (Lipinski definition) is 3. The SMILES string of the molecule is Cc1ccc(SC(=O)c2ccccc2Sc2ccccc2)cc1. The molecule has 3 heteroatoms. The molecule has 0 amide bonds. The van der Waals surface area contributed by atoms with E-state index in [9.17, 15) is 4.79 Å². The number of thioether (sulfide) groups is 1. The Morgan fingerprint density at radius 2 is 1.39 bits per heavy atom. The van der Waals surface area contributed by atoms with Crippen LogP contribution in [0.2, 0.25) is 0 Å². The van der Waals surface area contributed by atoms with Gasteiger partial charge in [-0.1, -0.05) is 59.8 Å². The molecular formula is C20H16OS2. The smallest absolute Gasteiger partial charge is 0.225 e. The van der Waals surface area contributed by atoms with E-state index < -0.39 is 0 Å². The van der Waals surface area contributed by atoms with Crippen molar-refractivity contribution in [3.05, 3.63) is 90.0 Å². The van der Waals surface area contributed by atoms with E-state index in [1.165, 1.54) is 17.3 Å². The number of aryl methyl sites for hydroxylation is 1. The van der Waals surface area contributed by atoms with Crippen LogP contribution in [0.5, 0.6) is 0 Å². The van der Waals surface area contributed by atoms with Crippen LogP contribution in [0.4, 0.5) is 0 Å². The maximum absolute atomic E-state index is 12.7. The molecule has 1 nitrogen and oxygen atoms in total. The molecule has 0 saturated carbocycles. The van der Waals surface area contributed by atoms with Gasteiger partial charge < -0.3 is 0 Å². The van der Waals surface area contributed by atoms with E-state index in [1.807, 2.05) is 73.7 Å². The van der Waals surface area contributed by atoms with Crippen LogP contribution in [0.15, 0.2) is 93.5 Å². The molecule has 0 N–H and O–H groups in total. The average Bonchev–Trinajstić information content (AvgIpc) is 2.58. The normalized spacial score (nSPS) is 10.5. The summed E-state index contributed by atoms with van der Waals surface area (Å²) in [6.07, 6.45) is 0. The van der Waals surface area contributed by atoms with Gasteiger partial charge in [0.2, 0.25) is 5.12 Å². The molecule has 0 aromatic heterocycles. The number of benzene rings is 3. The Bertz CT molecular complexity index is 795. The van der Waals surface area contributed by atoms with Gasteiger partial charge in [0.05, 0.1) is 0 Å². The van der Waals surface area contributed by atoms with Gasteiger partial charge in [-0.2, -0.15) is 0 Å². The molecule has 0 heterocycles. The predicted octanol–water partition coefficient (Wildman–Crippen LogP) is 6.08. The van der Waals surface area contributed by atoms with Crippen molar-refractivity contribution in [2.45, 2.75) is 21.6 Å². The third-order valence-electron chi connectivity index (χ3n) is 3.31. The molecule has 23 heavy (non-hydrogen) atoms. The minimum Gasteiger partial charge on any atom is -0.281 e. The highest BCUT2D eigenvalue weighted by Gasteiger charge is 2.13. The lowest BCUT2D eigenvalue weighted by Gasteiger charge is -2.08. The van der Waals surface area contributed by atoms with Crippen LogP contribution < -0.4 is 0 Å². The molecule has 0 saturated heterocycles. The zero-order valence-corrected chi connectivity index (χ0v) is 14.4. The van der Waals surface area contributed by atoms with E-state index in [0.29, 0.717) is 0 Å². The van der Waals surface area contributed by atoms with Crippen LogP contribution in [0.1, 0.15) is 15.9 Å². The maximum Gasteiger partial charge on any atom is 0.225 e. The van der Waals surface area contributed by atoms with Crippen molar-refractivity contribution in [1.82, 2.24) is 0 Å². The van der Waals surface area contributed by atoms with Crippen LogP contribution >= 0.6 is 23.5 Å². The highest BCUT2D eigenvalue weighted by molar-refractivity contribution is 8.14. The predicted molar refractivity (Wildman–Crippen MR) is 98.4 cm³/mol.